The summed E-state index contributed by atoms with van der Waals surface area (Å²) < 4.78 is 7.89. The van der Waals surface area contributed by atoms with Crippen molar-refractivity contribution in [2.75, 3.05) is 0 Å². The Hall–Kier alpha value is -2.45. The predicted molar refractivity (Wildman–Crippen MR) is 103 cm³/mol. The number of nitrogens with zero attached hydrogens (tertiary/aromatic N) is 5. The highest BCUT2D eigenvalue weighted by Gasteiger charge is 2.21. The first kappa shape index (κ1) is 17.0. The number of thioether (sulfide) groups is 1. The van der Waals surface area contributed by atoms with Gasteiger partial charge in [-0.25, -0.2) is 0 Å². The molecule has 0 fully saturated rings. The van der Waals surface area contributed by atoms with Gasteiger partial charge in [-0.2, -0.15) is 0 Å². The minimum atomic E-state index is -0.0385. The smallest absolute Gasteiger partial charge is 0.257 e. The quantitative estimate of drug-likeness (QED) is 0.459. The van der Waals surface area contributed by atoms with Crippen LogP contribution in [0.25, 0.3) is 16.5 Å². The van der Waals surface area contributed by atoms with Gasteiger partial charge >= 0.3 is 0 Å². The van der Waals surface area contributed by atoms with Gasteiger partial charge < -0.3 is 4.42 Å². The molecule has 0 radical (unpaired) electrons. The number of aryl methyl sites for hydroxylation is 2. The number of rotatable bonds is 5. The maximum Gasteiger partial charge on any atom is 0.257 e. The number of hydrogen-bond donors (Lipinski definition) is 0. The van der Waals surface area contributed by atoms with Crippen molar-refractivity contribution in [1.29, 1.82) is 0 Å². The van der Waals surface area contributed by atoms with E-state index >= 15 is 0 Å². The summed E-state index contributed by atoms with van der Waals surface area (Å²) in [6.45, 7) is 6.05. The molecule has 3 aromatic heterocycles. The van der Waals surface area contributed by atoms with Gasteiger partial charge in [0.25, 0.3) is 5.89 Å². The molecule has 0 unspecified atom stereocenters. The largest absolute Gasteiger partial charge is 0.419 e. The Kier molecular flexibility index (Phi) is 4.60. The molecule has 0 aliphatic heterocycles. The van der Waals surface area contributed by atoms with E-state index in [0.717, 1.165) is 21.5 Å². The van der Waals surface area contributed by atoms with Crippen molar-refractivity contribution in [3.8, 4) is 16.5 Å². The molecule has 4 aromatic rings. The third-order valence-corrected chi connectivity index (χ3v) is 5.75. The van der Waals surface area contributed by atoms with E-state index in [0.29, 0.717) is 11.8 Å². The van der Waals surface area contributed by atoms with Crippen LogP contribution in [0.15, 0.2) is 51.4 Å². The fourth-order valence-corrected chi connectivity index (χ4v) is 4.18. The second kappa shape index (κ2) is 7.05. The number of thiophene rings is 1. The van der Waals surface area contributed by atoms with Crippen molar-refractivity contribution < 1.29 is 4.42 Å². The molecule has 0 saturated heterocycles. The van der Waals surface area contributed by atoms with Crippen LogP contribution in [-0.4, -0.2) is 25.0 Å². The van der Waals surface area contributed by atoms with Gasteiger partial charge in [-0.05, 0) is 49.9 Å². The third-order valence-electron chi connectivity index (χ3n) is 3.86. The lowest BCUT2D eigenvalue weighted by Gasteiger charge is -2.11. The molecule has 0 aliphatic carbocycles. The lowest BCUT2D eigenvalue weighted by atomic mass is 10.2. The Balaban J connectivity index is 1.60. The SMILES string of the molecule is Cc1cccc(-n2c(C)nnc2S[C@H](C)c2nnc(-c3cccs3)o2)c1. The summed E-state index contributed by atoms with van der Waals surface area (Å²) in [7, 11) is 0. The molecule has 1 atom stereocenters. The van der Waals surface area contributed by atoms with Gasteiger partial charge in [0.1, 0.15) is 5.82 Å². The molecule has 132 valence electrons. The highest BCUT2D eigenvalue weighted by Crippen LogP contribution is 2.36. The van der Waals surface area contributed by atoms with E-state index in [1.807, 2.05) is 42.0 Å². The van der Waals surface area contributed by atoms with Crippen LogP contribution in [0.3, 0.4) is 0 Å². The summed E-state index contributed by atoms with van der Waals surface area (Å²) in [5.74, 6) is 1.98. The van der Waals surface area contributed by atoms with Gasteiger partial charge in [-0.15, -0.1) is 31.7 Å². The van der Waals surface area contributed by atoms with Gasteiger partial charge in [-0.3, -0.25) is 4.57 Å². The van der Waals surface area contributed by atoms with Gasteiger partial charge in [0.15, 0.2) is 5.16 Å². The van der Waals surface area contributed by atoms with Crippen molar-refractivity contribution >= 4 is 23.1 Å². The second-order valence-corrected chi connectivity index (χ2v) is 8.14. The highest BCUT2D eigenvalue weighted by atomic mass is 32.2. The zero-order valence-corrected chi connectivity index (χ0v) is 16.2. The molecule has 0 amide bonds. The molecular weight excluding hydrogens is 366 g/mol. The van der Waals surface area contributed by atoms with Crippen molar-refractivity contribution in [3.63, 3.8) is 0 Å². The lowest BCUT2D eigenvalue weighted by Crippen LogP contribution is -2.01. The summed E-state index contributed by atoms with van der Waals surface area (Å²) in [6, 6.07) is 12.2. The minimum Gasteiger partial charge on any atom is -0.419 e. The first-order chi connectivity index (χ1) is 12.6. The van der Waals surface area contributed by atoms with Crippen molar-refractivity contribution in [2.24, 2.45) is 0 Å². The Morgan fingerprint density at radius 1 is 1.08 bits per heavy atom. The van der Waals surface area contributed by atoms with Crippen LogP contribution < -0.4 is 0 Å². The standard InChI is InChI=1S/C18H17N5OS2/c1-11-6-4-7-14(10-11)23-13(3)19-22-18(23)26-12(2)16-20-21-17(24-16)15-8-5-9-25-15/h4-10,12H,1-3H3/t12-/m1/s1. The van der Waals surface area contributed by atoms with E-state index in [9.17, 15) is 0 Å². The Labute approximate surface area is 159 Å². The van der Waals surface area contributed by atoms with Gasteiger partial charge in [0.05, 0.1) is 10.1 Å². The zero-order chi connectivity index (χ0) is 18.1. The van der Waals surface area contributed by atoms with Gasteiger partial charge in [0.2, 0.25) is 5.89 Å². The minimum absolute atomic E-state index is 0.0385. The fraction of sp³-hybridized carbons (Fsp3) is 0.222. The topological polar surface area (TPSA) is 69.6 Å². The molecule has 3 heterocycles. The normalized spacial score (nSPS) is 12.4. The molecule has 1 aromatic carbocycles. The first-order valence-corrected chi connectivity index (χ1v) is 9.91. The van der Waals surface area contributed by atoms with Crippen molar-refractivity contribution in [1.82, 2.24) is 25.0 Å². The highest BCUT2D eigenvalue weighted by molar-refractivity contribution is 7.99. The number of aromatic nitrogens is 5. The second-order valence-electron chi connectivity index (χ2n) is 5.89. The van der Waals surface area contributed by atoms with E-state index in [1.54, 1.807) is 23.1 Å². The number of benzene rings is 1. The van der Waals surface area contributed by atoms with E-state index < -0.39 is 0 Å². The van der Waals surface area contributed by atoms with Crippen LogP contribution in [0.2, 0.25) is 0 Å². The Morgan fingerprint density at radius 3 is 2.73 bits per heavy atom. The molecule has 0 bridgehead atoms. The van der Waals surface area contributed by atoms with Gasteiger partial charge in [-0.1, -0.05) is 30.0 Å². The maximum absolute atomic E-state index is 5.84. The van der Waals surface area contributed by atoms with Crippen LogP contribution in [0.1, 0.15) is 29.5 Å². The molecule has 26 heavy (non-hydrogen) atoms. The summed E-state index contributed by atoms with van der Waals surface area (Å²) >= 11 is 3.13. The van der Waals surface area contributed by atoms with Crippen molar-refractivity contribution in [3.05, 3.63) is 59.1 Å². The predicted octanol–water partition coefficient (Wildman–Crippen LogP) is 4.85. The molecule has 0 spiro atoms. The van der Waals surface area contributed by atoms with Crippen molar-refractivity contribution in [2.45, 2.75) is 31.2 Å². The fourth-order valence-electron chi connectivity index (χ4n) is 2.59. The monoisotopic (exact) mass is 383 g/mol. The third kappa shape index (κ3) is 3.30. The molecule has 0 aliphatic rings. The van der Waals surface area contributed by atoms with Gasteiger partial charge in [0, 0.05) is 5.69 Å². The average molecular weight is 384 g/mol. The zero-order valence-electron chi connectivity index (χ0n) is 14.6. The molecule has 8 heteroatoms. The van der Waals surface area contributed by atoms with Crippen LogP contribution in [0.5, 0.6) is 0 Å². The first-order valence-electron chi connectivity index (χ1n) is 8.15. The molecule has 6 nitrogen and oxygen atoms in total. The van der Waals surface area contributed by atoms with Crippen LogP contribution in [0.4, 0.5) is 0 Å². The maximum atomic E-state index is 5.84. The molecule has 4 rings (SSSR count). The average Bonchev–Trinajstić information content (AvgIpc) is 3.35. The lowest BCUT2D eigenvalue weighted by molar-refractivity contribution is 0.510. The molecular formula is C18H17N5OS2. The Morgan fingerprint density at radius 2 is 1.96 bits per heavy atom. The van der Waals surface area contributed by atoms with Crippen LogP contribution >= 0.6 is 23.1 Å². The summed E-state index contributed by atoms with van der Waals surface area (Å²) in [5, 5.41) is 19.7. The summed E-state index contributed by atoms with van der Waals surface area (Å²) in [6.07, 6.45) is 0. The Bertz CT molecular complexity index is 1020. The summed E-state index contributed by atoms with van der Waals surface area (Å²) in [5.41, 5.74) is 2.24. The van der Waals surface area contributed by atoms with Crippen LogP contribution in [-0.2, 0) is 0 Å². The van der Waals surface area contributed by atoms with E-state index in [4.69, 9.17) is 4.42 Å². The summed E-state index contributed by atoms with van der Waals surface area (Å²) in [4.78, 5) is 0.972. The van der Waals surface area contributed by atoms with E-state index in [-0.39, 0.29) is 5.25 Å². The molecule has 0 N–H and O–H groups in total. The van der Waals surface area contributed by atoms with E-state index in [1.165, 1.54) is 5.56 Å². The van der Waals surface area contributed by atoms with Crippen LogP contribution in [0, 0.1) is 13.8 Å². The van der Waals surface area contributed by atoms with E-state index in [2.05, 4.69) is 45.5 Å². The number of hydrogen-bond acceptors (Lipinski definition) is 7. The molecule has 0 saturated carbocycles.